The van der Waals surface area contributed by atoms with Gasteiger partial charge in [-0.1, -0.05) is 18.9 Å². The van der Waals surface area contributed by atoms with E-state index in [0.29, 0.717) is 12.6 Å². The fraction of sp³-hybridized carbons (Fsp3) is 0.571. The second-order valence-electron chi connectivity index (χ2n) is 4.78. The van der Waals surface area contributed by atoms with Gasteiger partial charge in [0.05, 0.1) is 13.7 Å². The summed E-state index contributed by atoms with van der Waals surface area (Å²) in [5, 5.41) is 0. The van der Waals surface area contributed by atoms with Crippen molar-refractivity contribution in [3.05, 3.63) is 30.1 Å². The number of rotatable bonds is 5. The largest absolute Gasteiger partial charge is 0.468 e. The summed E-state index contributed by atoms with van der Waals surface area (Å²) in [6.07, 6.45) is 8.50. The summed E-state index contributed by atoms with van der Waals surface area (Å²) in [7, 11) is 1.44. The van der Waals surface area contributed by atoms with Crippen molar-refractivity contribution in [2.24, 2.45) is 0 Å². The number of ether oxygens (including phenoxy) is 1. The van der Waals surface area contributed by atoms with Crippen molar-refractivity contribution in [2.75, 3.05) is 13.7 Å². The highest BCUT2D eigenvalue weighted by atomic mass is 16.5. The zero-order valence-electron chi connectivity index (χ0n) is 10.8. The molecule has 2 rings (SSSR count). The van der Waals surface area contributed by atoms with Gasteiger partial charge in [0, 0.05) is 25.0 Å². The third-order valence-corrected chi connectivity index (χ3v) is 3.51. The SMILES string of the molecule is COC(=O)CN(Cc1cccnc1)C1CCCC1. The first-order chi connectivity index (χ1) is 8.79. The van der Waals surface area contributed by atoms with Crippen molar-refractivity contribution in [3.8, 4) is 0 Å². The molecule has 1 aromatic rings. The van der Waals surface area contributed by atoms with Crippen LogP contribution in [0.5, 0.6) is 0 Å². The lowest BCUT2D eigenvalue weighted by Gasteiger charge is -2.27. The van der Waals surface area contributed by atoms with Crippen LogP contribution in [0, 0.1) is 0 Å². The van der Waals surface area contributed by atoms with Gasteiger partial charge in [0.25, 0.3) is 0 Å². The minimum absolute atomic E-state index is 0.161. The van der Waals surface area contributed by atoms with Crippen LogP contribution in [-0.2, 0) is 16.1 Å². The van der Waals surface area contributed by atoms with Crippen molar-refractivity contribution in [1.82, 2.24) is 9.88 Å². The van der Waals surface area contributed by atoms with Gasteiger partial charge in [-0.15, -0.1) is 0 Å². The number of aromatic nitrogens is 1. The highest BCUT2D eigenvalue weighted by molar-refractivity contribution is 5.71. The molecule has 0 radical (unpaired) electrons. The summed E-state index contributed by atoms with van der Waals surface area (Å²) in [6.45, 7) is 1.14. The Morgan fingerprint density at radius 1 is 1.50 bits per heavy atom. The molecule has 1 aliphatic rings. The maximum atomic E-state index is 11.5. The van der Waals surface area contributed by atoms with Gasteiger partial charge < -0.3 is 4.74 Å². The van der Waals surface area contributed by atoms with E-state index in [-0.39, 0.29) is 5.97 Å². The predicted octanol–water partition coefficient (Wildman–Crippen LogP) is 2.00. The minimum Gasteiger partial charge on any atom is -0.468 e. The molecule has 4 heteroatoms. The van der Waals surface area contributed by atoms with Crippen LogP contribution in [0.4, 0.5) is 0 Å². The molecule has 0 aliphatic heterocycles. The number of methoxy groups -OCH3 is 1. The Morgan fingerprint density at radius 3 is 2.89 bits per heavy atom. The normalized spacial score (nSPS) is 16.1. The Bertz CT molecular complexity index is 375. The highest BCUT2D eigenvalue weighted by Crippen LogP contribution is 2.24. The molecule has 1 aromatic heterocycles. The van der Waals surface area contributed by atoms with Gasteiger partial charge in [-0.05, 0) is 24.5 Å². The first-order valence-electron chi connectivity index (χ1n) is 6.49. The van der Waals surface area contributed by atoms with Crippen LogP contribution in [0.3, 0.4) is 0 Å². The van der Waals surface area contributed by atoms with Gasteiger partial charge in [-0.2, -0.15) is 0 Å². The smallest absolute Gasteiger partial charge is 0.319 e. The minimum atomic E-state index is -0.161. The quantitative estimate of drug-likeness (QED) is 0.747. The van der Waals surface area contributed by atoms with E-state index < -0.39 is 0 Å². The van der Waals surface area contributed by atoms with E-state index in [9.17, 15) is 4.79 Å². The Balaban J connectivity index is 2.01. The van der Waals surface area contributed by atoms with Crippen molar-refractivity contribution in [1.29, 1.82) is 0 Å². The van der Waals surface area contributed by atoms with Crippen LogP contribution in [0.2, 0.25) is 0 Å². The van der Waals surface area contributed by atoms with Gasteiger partial charge in [0.15, 0.2) is 0 Å². The van der Waals surface area contributed by atoms with Crippen molar-refractivity contribution in [3.63, 3.8) is 0 Å². The number of esters is 1. The Hall–Kier alpha value is -1.42. The average molecular weight is 248 g/mol. The lowest BCUT2D eigenvalue weighted by Crippen LogP contribution is -2.37. The molecule has 0 unspecified atom stereocenters. The molecule has 18 heavy (non-hydrogen) atoms. The van der Waals surface area contributed by atoms with E-state index in [1.807, 2.05) is 18.3 Å². The van der Waals surface area contributed by atoms with E-state index in [1.54, 1.807) is 6.20 Å². The fourth-order valence-electron chi connectivity index (χ4n) is 2.54. The zero-order chi connectivity index (χ0) is 12.8. The second kappa shape index (κ2) is 6.50. The summed E-state index contributed by atoms with van der Waals surface area (Å²) in [5.74, 6) is -0.161. The lowest BCUT2D eigenvalue weighted by atomic mass is 10.1. The number of carbonyl (C=O) groups is 1. The zero-order valence-corrected chi connectivity index (χ0v) is 10.8. The molecule has 1 heterocycles. The fourth-order valence-corrected chi connectivity index (χ4v) is 2.54. The second-order valence-corrected chi connectivity index (χ2v) is 4.78. The molecule has 1 aliphatic carbocycles. The van der Waals surface area contributed by atoms with E-state index in [0.717, 1.165) is 12.1 Å². The third kappa shape index (κ3) is 3.53. The van der Waals surface area contributed by atoms with Gasteiger partial charge in [0.2, 0.25) is 0 Å². The van der Waals surface area contributed by atoms with Crippen LogP contribution in [0.15, 0.2) is 24.5 Å². The van der Waals surface area contributed by atoms with Crippen LogP contribution in [0.1, 0.15) is 31.2 Å². The topological polar surface area (TPSA) is 42.4 Å². The molecular weight excluding hydrogens is 228 g/mol. The molecule has 0 atom stereocenters. The number of nitrogens with zero attached hydrogens (tertiary/aromatic N) is 2. The first kappa shape index (κ1) is 13.0. The molecule has 0 bridgehead atoms. The molecule has 98 valence electrons. The maximum absolute atomic E-state index is 11.5. The van der Waals surface area contributed by atoms with Crippen molar-refractivity contribution < 1.29 is 9.53 Å². The molecule has 1 fully saturated rings. The van der Waals surface area contributed by atoms with Gasteiger partial charge in [-0.3, -0.25) is 14.7 Å². The summed E-state index contributed by atoms with van der Waals surface area (Å²) in [4.78, 5) is 17.8. The maximum Gasteiger partial charge on any atom is 0.319 e. The number of hydrogen-bond donors (Lipinski definition) is 0. The molecule has 1 saturated carbocycles. The molecule has 4 nitrogen and oxygen atoms in total. The standard InChI is InChI=1S/C14H20N2O2/c1-18-14(17)11-16(13-6-2-3-7-13)10-12-5-4-8-15-9-12/h4-5,8-9,13H,2-3,6-7,10-11H2,1H3. The molecule has 0 N–H and O–H groups in total. The Morgan fingerprint density at radius 2 is 2.28 bits per heavy atom. The Labute approximate surface area is 108 Å². The van der Waals surface area contributed by atoms with Crippen molar-refractivity contribution in [2.45, 2.75) is 38.3 Å². The predicted molar refractivity (Wildman–Crippen MR) is 68.9 cm³/mol. The number of hydrogen-bond acceptors (Lipinski definition) is 4. The molecule has 0 amide bonds. The van der Waals surface area contributed by atoms with Crippen LogP contribution in [0.25, 0.3) is 0 Å². The Kier molecular flexibility index (Phi) is 4.70. The highest BCUT2D eigenvalue weighted by Gasteiger charge is 2.24. The van der Waals surface area contributed by atoms with Gasteiger partial charge in [0.1, 0.15) is 0 Å². The van der Waals surface area contributed by atoms with E-state index in [1.165, 1.54) is 32.8 Å². The van der Waals surface area contributed by atoms with Crippen LogP contribution in [-0.4, -0.2) is 35.5 Å². The monoisotopic (exact) mass is 248 g/mol. The van der Waals surface area contributed by atoms with Gasteiger partial charge >= 0.3 is 5.97 Å². The lowest BCUT2D eigenvalue weighted by molar-refractivity contribution is -0.142. The van der Waals surface area contributed by atoms with Crippen LogP contribution >= 0.6 is 0 Å². The summed E-state index contributed by atoms with van der Waals surface area (Å²) >= 11 is 0. The molecule has 0 saturated heterocycles. The van der Waals surface area contributed by atoms with E-state index in [4.69, 9.17) is 4.74 Å². The van der Waals surface area contributed by atoms with Crippen LogP contribution < -0.4 is 0 Å². The van der Waals surface area contributed by atoms with E-state index in [2.05, 4.69) is 9.88 Å². The molecule has 0 spiro atoms. The van der Waals surface area contributed by atoms with Gasteiger partial charge in [-0.25, -0.2) is 0 Å². The third-order valence-electron chi connectivity index (χ3n) is 3.51. The number of carbonyl (C=O) groups excluding carboxylic acids is 1. The first-order valence-corrected chi connectivity index (χ1v) is 6.49. The summed E-state index contributed by atoms with van der Waals surface area (Å²) in [5.41, 5.74) is 1.15. The summed E-state index contributed by atoms with van der Waals surface area (Å²) in [6, 6.07) is 4.48. The average Bonchev–Trinajstić information content (AvgIpc) is 2.93. The molecule has 0 aromatic carbocycles. The molecular formula is C14H20N2O2. The van der Waals surface area contributed by atoms with Crippen molar-refractivity contribution >= 4 is 5.97 Å². The number of pyridine rings is 1. The summed E-state index contributed by atoms with van der Waals surface area (Å²) < 4.78 is 4.78. The van der Waals surface area contributed by atoms with E-state index >= 15 is 0 Å².